The predicted octanol–water partition coefficient (Wildman–Crippen LogP) is 4.24. The van der Waals surface area contributed by atoms with E-state index in [1.807, 2.05) is 67.1 Å². The Labute approximate surface area is 190 Å². The molecule has 0 bridgehead atoms. The zero-order valence-corrected chi connectivity index (χ0v) is 19.3. The van der Waals surface area contributed by atoms with Crippen molar-refractivity contribution in [2.24, 2.45) is 0 Å². The van der Waals surface area contributed by atoms with Crippen LogP contribution in [0.25, 0.3) is 0 Å². The molecule has 0 saturated carbocycles. The molecule has 1 heterocycles. The molecule has 0 radical (unpaired) electrons. The Morgan fingerprint density at radius 3 is 2.58 bits per heavy atom. The van der Waals surface area contributed by atoms with Crippen molar-refractivity contribution in [3.8, 4) is 0 Å². The molecule has 9 heteroatoms. The zero-order valence-electron chi connectivity index (χ0n) is 17.7. The van der Waals surface area contributed by atoms with Gasteiger partial charge in [-0.05, 0) is 50.4 Å². The number of anilines is 1. The van der Waals surface area contributed by atoms with Gasteiger partial charge in [0.15, 0.2) is 11.0 Å². The fourth-order valence-corrected chi connectivity index (χ4v) is 4.26. The lowest BCUT2D eigenvalue weighted by Gasteiger charge is -2.15. The Morgan fingerprint density at radius 2 is 1.87 bits per heavy atom. The van der Waals surface area contributed by atoms with Gasteiger partial charge >= 0.3 is 0 Å². The average Bonchev–Trinajstić information content (AvgIpc) is 3.21. The van der Waals surface area contributed by atoms with Crippen LogP contribution >= 0.6 is 23.5 Å². The van der Waals surface area contributed by atoms with Gasteiger partial charge in [0.2, 0.25) is 5.91 Å². The number of hydrogen-bond donors (Lipinski definition) is 2. The highest BCUT2D eigenvalue weighted by atomic mass is 32.2. The first-order valence-electron chi connectivity index (χ1n) is 9.87. The molecule has 0 aliphatic carbocycles. The fraction of sp³-hybridized carbons (Fsp3) is 0.273. The van der Waals surface area contributed by atoms with E-state index in [-0.39, 0.29) is 23.6 Å². The summed E-state index contributed by atoms with van der Waals surface area (Å²) in [6.45, 7) is 4.49. The first-order valence-corrected chi connectivity index (χ1v) is 12.1. The largest absolute Gasteiger partial charge is 0.342 e. The number of hydrogen-bond acceptors (Lipinski definition) is 6. The summed E-state index contributed by atoms with van der Waals surface area (Å²) >= 11 is 2.95. The fourth-order valence-electron chi connectivity index (χ4n) is 2.99. The highest BCUT2D eigenvalue weighted by Gasteiger charge is 2.20. The van der Waals surface area contributed by atoms with Gasteiger partial charge in [-0.2, -0.15) is 0 Å². The lowest BCUT2D eigenvalue weighted by molar-refractivity contribution is -0.113. The van der Waals surface area contributed by atoms with Crippen LogP contribution in [0.4, 0.5) is 5.69 Å². The number of benzene rings is 2. The number of aromatic nitrogens is 3. The van der Waals surface area contributed by atoms with Gasteiger partial charge < -0.3 is 15.2 Å². The molecule has 2 aromatic carbocycles. The maximum absolute atomic E-state index is 12.4. The third-order valence-corrected chi connectivity index (χ3v) is 6.21. The smallest absolute Gasteiger partial charge is 0.251 e. The third-order valence-electron chi connectivity index (χ3n) is 4.52. The number of amides is 2. The summed E-state index contributed by atoms with van der Waals surface area (Å²) in [5, 5.41) is 15.0. The Morgan fingerprint density at radius 1 is 1.10 bits per heavy atom. The molecule has 2 N–H and O–H groups in total. The van der Waals surface area contributed by atoms with Gasteiger partial charge in [-0.1, -0.05) is 36.0 Å². The molecule has 1 aromatic heterocycles. The highest BCUT2D eigenvalue weighted by Crippen LogP contribution is 2.22. The summed E-state index contributed by atoms with van der Waals surface area (Å²) in [6, 6.07) is 16.4. The maximum Gasteiger partial charge on any atom is 0.251 e. The van der Waals surface area contributed by atoms with Crippen molar-refractivity contribution in [3.63, 3.8) is 0 Å². The maximum atomic E-state index is 12.4. The van der Waals surface area contributed by atoms with Crippen LogP contribution in [0, 0.1) is 0 Å². The minimum atomic E-state index is -0.322. The molecule has 1 atom stereocenters. The quantitative estimate of drug-likeness (QED) is 0.469. The molecular weight excluding hydrogens is 430 g/mol. The van der Waals surface area contributed by atoms with Gasteiger partial charge in [0.05, 0.1) is 11.8 Å². The molecule has 162 valence electrons. The van der Waals surface area contributed by atoms with E-state index >= 15 is 0 Å². The van der Waals surface area contributed by atoms with E-state index in [2.05, 4.69) is 20.8 Å². The summed E-state index contributed by atoms with van der Waals surface area (Å²) in [6.07, 6.45) is 2.00. The standard InChI is InChI=1S/C22H25N5O2S2/c1-4-27-20(15(2)23-21(29)16-9-6-5-7-10-16)25-26-22(27)31-14-19(28)24-17-11-8-12-18(13-17)30-3/h5-13,15H,4,14H2,1-3H3,(H,23,29)(H,24,28). The number of thioether (sulfide) groups is 2. The van der Waals surface area contributed by atoms with Crippen LogP contribution in [-0.2, 0) is 11.3 Å². The minimum absolute atomic E-state index is 0.110. The van der Waals surface area contributed by atoms with Crippen LogP contribution in [0.15, 0.2) is 64.6 Å². The molecule has 0 aliphatic rings. The van der Waals surface area contributed by atoms with Gasteiger partial charge in [-0.25, -0.2) is 0 Å². The number of rotatable bonds is 9. The normalized spacial score (nSPS) is 11.7. The Balaban J connectivity index is 1.61. The highest BCUT2D eigenvalue weighted by molar-refractivity contribution is 7.99. The van der Waals surface area contributed by atoms with E-state index in [1.54, 1.807) is 23.9 Å². The molecule has 3 rings (SSSR count). The van der Waals surface area contributed by atoms with Crippen molar-refractivity contribution in [2.45, 2.75) is 36.5 Å². The van der Waals surface area contributed by atoms with E-state index in [0.29, 0.717) is 23.1 Å². The number of carbonyl (C=O) groups is 2. The second kappa shape index (κ2) is 11.0. The van der Waals surface area contributed by atoms with Gasteiger partial charge in [0, 0.05) is 22.7 Å². The van der Waals surface area contributed by atoms with E-state index < -0.39 is 0 Å². The van der Waals surface area contributed by atoms with Crippen LogP contribution in [0.2, 0.25) is 0 Å². The molecule has 0 fully saturated rings. The van der Waals surface area contributed by atoms with Crippen molar-refractivity contribution < 1.29 is 9.59 Å². The predicted molar refractivity (Wildman–Crippen MR) is 126 cm³/mol. The summed E-state index contributed by atoms with van der Waals surface area (Å²) in [7, 11) is 0. The van der Waals surface area contributed by atoms with Crippen molar-refractivity contribution in [2.75, 3.05) is 17.3 Å². The molecule has 7 nitrogen and oxygen atoms in total. The first kappa shape index (κ1) is 22.9. The van der Waals surface area contributed by atoms with Crippen LogP contribution in [-0.4, -0.2) is 38.6 Å². The Bertz CT molecular complexity index is 1040. The molecule has 31 heavy (non-hydrogen) atoms. The Kier molecular flexibility index (Phi) is 8.13. The van der Waals surface area contributed by atoms with E-state index in [4.69, 9.17) is 0 Å². The summed E-state index contributed by atoms with van der Waals surface area (Å²) in [5.74, 6) is 0.592. The van der Waals surface area contributed by atoms with Crippen LogP contribution in [0.1, 0.15) is 36.1 Å². The van der Waals surface area contributed by atoms with Crippen molar-refractivity contribution in [1.82, 2.24) is 20.1 Å². The first-order chi connectivity index (χ1) is 15.0. The SMILES string of the molecule is CCn1c(SCC(=O)Nc2cccc(SC)c2)nnc1C(C)NC(=O)c1ccccc1. The van der Waals surface area contributed by atoms with Gasteiger partial charge in [-0.3, -0.25) is 9.59 Å². The van der Waals surface area contributed by atoms with Crippen molar-refractivity contribution in [1.29, 1.82) is 0 Å². The van der Waals surface area contributed by atoms with Crippen LogP contribution in [0.5, 0.6) is 0 Å². The summed E-state index contributed by atoms with van der Waals surface area (Å²) in [4.78, 5) is 25.9. The minimum Gasteiger partial charge on any atom is -0.342 e. The molecule has 3 aromatic rings. The molecule has 0 saturated heterocycles. The van der Waals surface area contributed by atoms with Crippen LogP contribution in [0.3, 0.4) is 0 Å². The lowest BCUT2D eigenvalue weighted by Crippen LogP contribution is -2.28. The molecule has 0 aliphatic heterocycles. The summed E-state index contributed by atoms with van der Waals surface area (Å²) in [5.41, 5.74) is 1.36. The molecule has 1 unspecified atom stereocenters. The summed E-state index contributed by atoms with van der Waals surface area (Å²) < 4.78 is 1.92. The van der Waals surface area contributed by atoms with Crippen molar-refractivity contribution >= 4 is 41.0 Å². The average molecular weight is 456 g/mol. The zero-order chi connectivity index (χ0) is 22.2. The number of carbonyl (C=O) groups excluding carboxylic acids is 2. The van der Waals surface area contributed by atoms with Gasteiger partial charge in [0.25, 0.3) is 5.91 Å². The molecule has 0 spiro atoms. The lowest BCUT2D eigenvalue weighted by atomic mass is 10.2. The monoisotopic (exact) mass is 455 g/mol. The van der Waals surface area contributed by atoms with Gasteiger partial charge in [-0.15, -0.1) is 22.0 Å². The number of nitrogens with zero attached hydrogens (tertiary/aromatic N) is 3. The number of nitrogens with one attached hydrogen (secondary N) is 2. The van der Waals surface area contributed by atoms with E-state index in [0.717, 1.165) is 10.6 Å². The van der Waals surface area contributed by atoms with E-state index in [1.165, 1.54) is 11.8 Å². The molecule has 2 amide bonds. The van der Waals surface area contributed by atoms with Gasteiger partial charge in [0.1, 0.15) is 0 Å². The van der Waals surface area contributed by atoms with E-state index in [9.17, 15) is 9.59 Å². The third kappa shape index (κ3) is 6.11. The molecular formula is C22H25N5O2S2. The van der Waals surface area contributed by atoms with Crippen molar-refractivity contribution in [3.05, 3.63) is 66.0 Å². The Hall–Kier alpha value is -2.78. The topological polar surface area (TPSA) is 88.9 Å². The second-order valence-corrected chi connectivity index (χ2v) is 8.54. The van der Waals surface area contributed by atoms with Crippen LogP contribution < -0.4 is 10.6 Å². The second-order valence-electron chi connectivity index (χ2n) is 6.72.